The van der Waals surface area contributed by atoms with Gasteiger partial charge in [-0.05, 0) is 0 Å². The fourth-order valence-corrected chi connectivity index (χ4v) is 1.07. The Hall–Kier alpha value is 0.380. The molecule has 0 aliphatic rings. The van der Waals surface area contributed by atoms with Gasteiger partial charge in [0.15, 0.2) is 6.29 Å². The van der Waals surface area contributed by atoms with Crippen molar-refractivity contribution in [3.63, 3.8) is 0 Å². The van der Waals surface area contributed by atoms with Gasteiger partial charge in [0.05, 0.1) is 6.61 Å². The van der Waals surface area contributed by atoms with Crippen LogP contribution in [0.2, 0.25) is 0 Å². The van der Waals surface area contributed by atoms with Gasteiger partial charge in [0.1, 0.15) is 24.4 Å². The smallest absolute Gasteiger partial charge is 0.726 e. The number of hydrogen-bond donors (Lipinski definition) is 4. The van der Waals surface area contributed by atoms with E-state index in [1.807, 2.05) is 0 Å². The van der Waals surface area contributed by atoms with Crippen LogP contribution >= 0.6 is 0 Å². The second-order valence-electron chi connectivity index (χ2n) is 2.87. The minimum absolute atomic E-state index is 0. The zero-order chi connectivity index (χ0) is 12.9. The molecule has 0 aromatic rings. The van der Waals surface area contributed by atoms with Gasteiger partial charge >= 0.3 is 29.6 Å². The number of carbonyl (C=O) groups excluding carboxylic acids is 1. The van der Waals surface area contributed by atoms with Crippen LogP contribution in [0.25, 0.3) is 0 Å². The third kappa shape index (κ3) is 8.15. The van der Waals surface area contributed by atoms with Gasteiger partial charge in [-0.2, -0.15) is 0 Å². The van der Waals surface area contributed by atoms with Crippen molar-refractivity contribution in [1.29, 1.82) is 0 Å². The molecular formula is C6H11NaO9S. The Morgan fingerprint density at radius 2 is 1.65 bits per heavy atom. The van der Waals surface area contributed by atoms with Gasteiger partial charge in [0, 0.05) is 0 Å². The first-order valence-corrected chi connectivity index (χ1v) is 5.30. The molecule has 96 valence electrons. The van der Waals surface area contributed by atoms with Gasteiger partial charge < -0.3 is 29.8 Å². The molecular weight excluding hydrogens is 271 g/mol. The maximum absolute atomic E-state index is 10.0. The van der Waals surface area contributed by atoms with Crippen molar-refractivity contribution in [2.24, 2.45) is 0 Å². The SMILES string of the molecule is O=CC(O)C(O)C(O)C(O)COS(=O)(=O)[O-].[Na+]. The van der Waals surface area contributed by atoms with E-state index >= 15 is 0 Å². The molecule has 0 amide bonds. The van der Waals surface area contributed by atoms with Gasteiger partial charge in [0.2, 0.25) is 10.4 Å². The molecule has 0 rings (SSSR count). The molecule has 0 heterocycles. The molecule has 9 nitrogen and oxygen atoms in total. The molecule has 0 spiro atoms. The fourth-order valence-electron chi connectivity index (χ4n) is 0.762. The van der Waals surface area contributed by atoms with Crippen molar-refractivity contribution in [3.05, 3.63) is 0 Å². The first-order valence-electron chi connectivity index (χ1n) is 3.97. The van der Waals surface area contributed by atoms with E-state index < -0.39 is 41.4 Å². The molecule has 0 aliphatic heterocycles. The molecule has 17 heavy (non-hydrogen) atoms. The quantitative estimate of drug-likeness (QED) is 0.154. The molecule has 4 unspecified atom stereocenters. The second-order valence-corrected chi connectivity index (χ2v) is 3.92. The molecule has 0 saturated carbocycles. The zero-order valence-corrected chi connectivity index (χ0v) is 11.6. The summed E-state index contributed by atoms with van der Waals surface area (Å²) < 4.78 is 33.5. The maximum Gasteiger partial charge on any atom is 1.00 e. The number of rotatable bonds is 7. The molecule has 0 aromatic carbocycles. The number of aldehydes is 1. The average molecular weight is 282 g/mol. The first kappa shape index (κ1) is 19.7. The van der Waals surface area contributed by atoms with E-state index in [0.717, 1.165) is 0 Å². The van der Waals surface area contributed by atoms with E-state index in [2.05, 4.69) is 4.18 Å². The summed E-state index contributed by atoms with van der Waals surface area (Å²) in [6, 6.07) is 0. The molecule has 0 radical (unpaired) electrons. The number of aliphatic hydroxyl groups is 4. The van der Waals surface area contributed by atoms with Crippen LogP contribution in [0.4, 0.5) is 0 Å². The minimum Gasteiger partial charge on any atom is -0.726 e. The van der Waals surface area contributed by atoms with Crippen LogP contribution in [0.15, 0.2) is 0 Å². The van der Waals surface area contributed by atoms with Crippen molar-refractivity contribution >= 4 is 16.7 Å². The maximum atomic E-state index is 10.0. The van der Waals surface area contributed by atoms with Crippen LogP contribution in [-0.4, -0.2) is 70.7 Å². The summed E-state index contributed by atoms with van der Waals surface area (Å²) in [5.74, 6) is 0. The Labute approximate surface area is 119 Å². The minimum atomic E-state index is -5.04. The van der Waals surface area contributed by atoms with E-state index in [1.165, 1.54) is 0 Å². The molecule has 11 heteroatoms. The van der Waals surface area contributed by atoms with Crippen LogP contribution in [-0.2, 0) is 19.4 Å². The van der Waals surface area contributed by atoms with Crippen molar-refractivity contribution in [1.82, 2.24) is 0 Å². The van der Waals surface area contributed by atoms with E-state index in [1.54, 1.807) is 0 Å². The van der Waals surface area contributed by atoms with E-state index in [9.17, 15) is 17.8 Å². The molecule has 0 bridgehead atoms. The number of carbonyl (C=O) groups is 1. The van der Waals surface area contributed by atoms with E-state index in [4.69, 9.17) is 20.4 Å². The molecule has 0 aromatic heterocycles. The van der Waals surface area contributed by atoms with Crippen LogP contribution in [0.5, 0.6) is 0 Å². The average Bonchev–Trinajstić information content (AvgIpc) is 2.21. The number of aliphatic hydroxyl groups excluding tert-OH is 4. The summed E-state index contributed by atoms with van der Waals surface area (Å²) in [4.78, 5) is 10.0. The van der Waals surface area contributed by atoms with Crippen molar-refractivity contribution in [2.75, 3.05) is 6.61 Å². The Morgan fingerprint density at radius 1 is 1.18 bits per heavy atom. The zero-order valence-electron chi connectivity index (χ0n) is 8.83. The van der Waals surface area contributed by atoms with Crippen LogP contribution in [0.1, 0.15) is 0 Å². The monoisotopic (exact) mass is 282 g/mol. The fraction of sp³-hybridized carbons (Fsp3) is 0.833. The van der Waals surface area contributed by atoms with Crippen LogP contribution < -0.4 is 29.6 Å². The molecule has 0 aliphatic carbocycles. The standard InChI is InChI=1S/C6H12O9S.Na/c7-1-3(8)5(10)6(11)4(9)2-15-16(12,13)14;/h1,3-6,8-11H,2H2,(H,12,13,14);/q;+1/p-1. The largest absolute Gasteiger partial charge is 1.00 e. The summed E-state index contributed by atoms with van der Waals surface area (Å²) in [6.45, 7) is -1.10. The van der Waals surface area contributed by atoms with Gasteiger partial charge in [0.25, 0.3) is 0 Å². The molecule has 4 atom stereocenters. The van der Waals surface area contributed by atoms with E-state index in [0.29, 0.717) is 0 Å². The molecule has 0 saturated heterocycles. The number of hydrogen-bond acceptors (Lipinski definition) is 9. The summed E-state index contributed by atoms with van der Waals surface area (Å²) in [5.41, 5.74) is 0. The van der Waals surface area contributed by atoms with Crippen molar-refractivity contribution in [3.8, 4) is 0 Å². The van der Waals surface area contributed by atoms with Crippen LogP contribution in [0.3, 0.4) is 0 Å². The topological polar surface area (TPSA) is 164 Å². The first-order chi connectivity index (χ1) is 7.19. The Bertz CT molecular complexity index is 317. The molecule has 0 fully saturated rings. The Balaban J connectivity index is 0. The summed E-state index contributed by atoms with van der Waals surface area (Å²) >= 11 is 0. The Kier molecular flexibility index (Phi) is 9.83. The second kappa shape index (κ2) is 8.48. The van der Waals surface area contributed by atoms with E-state index in [-0.39, 0.29) is 35.8 Å². The predicted octanol–water partition coefficient (Wildman–Crippen LogP) is -6.89. The van der Waals surface area contributed by atoms with Crippen LogP contribution in [0, 0.1) is 0 Å². The predicted molar refractivity (Wildman–Crippen MR) is 45.7 cm³/mol. The summed E-state index contributed by atoms with van der Waals surface area (Å²) in [7, 11) is -5.04. The van der Waals surface area contributed by atoms with Gasteiger partial charge in [-0.3, -0.25) is 4.18 Å². The Morgan fingerprint density at radius 3 is 2.00 bits per heavy atom. The van der Waals surface area contributed by atoms with Gasteiger partial charge in [-0.25, -0.2) is 8.42 Å². The van der Waals surface area contributed by atoms with Gasteiger partial charge in [-0.15, -0.1) is 0 Å². The normalized spacial score (nSPS) is 18.6. The summed E-state index contributed by atoms with van der Waals surface area (Å²) in [6.07, 6.45) is -8.06. The third-order valence-corrected chi connectivity index (χ3v) is 2.04. The summed E-state index contributed by atoms with van der Waals surface area (Å²) in [5, 5.41) is 35.9. The third-order valence-electron chi connectivity index (χ3n) is 1.62. The molecule has 4 N–H and O–H groups in total. The van der Waals surface area contributed by atoms with Gasteiger partial charge in [-0.1, -0.05) is 0 Å². The van der Waals surface area contributed by atoms with Crippen molar-refractivity contribution in [2.45, 2.75) is 24.4 Å². The van der Waals surface area contributed by atoms with Crippen molar-refractivity contribution < 1.29 is 71.9 Å².